The maximum Gasteiger partial charge on any atom is 0.416 e. The first-order chi connectivity index (χ1) is 11.3. The highest BCUT2D eigenvalue weighted by atomic mass is 19.4. The van der Waals surface area contributed by atoms with Crippen molar-refractivity contribution >= 4 is 5.91 Å². The van der Waals surface area contributed by atoms with Crippen molar-refractivity contribution in [2.24, 2.45) is 0 Å². The molecule has 24 heavy (non-hydrogen) atoms. The molecule has 0 bridgehead atoms. The number of amides is 1. The van der Waals surface area contributed by atoms with Crippen LogP contribution < -0.4 is 0 Å². The van der Waals surface area contributed by atoms with Gasteiger partial charge in [-0.2, -0.15) is 18.0 Å². The van der Waals surface area contributed by atoms with Crippen LogP contribution >= 0.6 is 0 Å². The Kier molecular flexibility index (Phi) is 5.20. The smallest absolute Gasteiger partial charge is 0.341 e. The van der Waals surface area contributed by atoms with Crippen LogP contribution in [0.3, 0.4) is 0 Å². The van der Waals surface area contributed by atoms with Crippen LogP contribution in [0, 0.1) is 0 Å². The molecule has 0 N–H and O–H groups in total. The SMILES string of the molecule is CCN(CC)C(=O)C(C)n1nnc(-c2cccc(C(F)(F)F)c2)n1. The summed E-state index contributed by atoms with van der Waals surface area (Å²) >= 11 is 0. The predicted octanol–water partition coefficient (Wildman–Crippen LogP) is 2.79. The van der Waals surface area contributed by atoms with Gasteiger partial charge in [0.25, 0.3) is 0 Å². The first-order valence-electron chi connectivity index (χ1n) is 7.53. The summed E-state index contributed by atoms with van der Waals surface area (Å²) < 4.78 is 38.3. The van der Waals surface area contributed by atoms with Gasteiger partial charge in [-0.25, -0.2) is 0 Å². The Morgan fingerprint density at radius 3 is 2.54 bits per heavy atom. The Labute approximate surface area is 137 Å². The number of carbonyl (C=O) groups excluding carboxylic acids is 1. The van der Waals surface area contributed by atoms with E-state index in [-0.39, 0.29) is 17.3 Å². The van der Waals surface area contributed by atoms with E-state index < -0.39 is 17.8 Å². The first kappa shape index (κ1) is 17.9. The standard InChI is InChI=1S/C15H18F3N5O/c1-4-22(5-2)14(24)10(3)23-20-13(19-21-23)11-7-6-8-12(9-11)15(16,17)18/h6-10H,4-5H2,1-3H3. The van der Waals surface area contributed by atoms with E-state index in [1.54, 1.807) is 11.8 Å². The first-order valence-corrected chi connectivity index (χ1v) is 7.53. The van der Waals surface area contributed by atoms with E-state index in [9.17, 15) is 18.0 Å². The molecule has 0 saturated heterocycles. The molecule has 2 aromatic rings. The third kappa shape index (κ3) is 3.72. The molecule has 1 aromatic carbocycles. The Hall–Kier alpha value is -2.45. The molecule has 1 aromatic heterocycles. The van der Waals surface area contributed by atoms with E-state index in [0.717, 1.165) is 16.9 Å². The van der Waals surface area contributed by atoms with Crippen LogP contribution in [0.1, 0.15) is 32.4 Å². The van der Waals surface area contributed by atoms with Crippen molar-refractivity contribution in [3.05, 3.63) is 29.8 Å². The number of nitrogens with zero attached hydrogens (tertiary/aromatic N) is 5. The molecule has 0 aliphatic heterocycles. The molecular weight excluding hydrogens is 323 g/mol. The minimum Gasteiger partial charge on any atom is -0.341 e. The number of tetrazole rings is 1. The number of carbonyl (C=O) groups is 1. The van der Waals surface area contributed by atoms with Crippen molar-refractivity contribution in [1.29, 1.82) is 0 Å². The molecule has 0 aliphatic rings. The Bertz CT molecular complexity index is 709. The third-order valence-electron chi connectivity index (χ3n) is 3.66. The zero-order valence-corrected chi connectivity index (χ0v) is 13.6. The largest absolute Gasteiger partial charge is 0.416 e. The lowest BCUT2D eigenvalue weighted by atomic mass is 10.1. The van der Waals surface area contributed by atoms with Crippen molar-refractivity contribution < 1.29 is 18.0 Å². The van der Waals surface area contributed by atoms with Gasteiger partial charge in [-0.1, -0.05) is 12.1 Å². The number of aromatic nitrogens is 4. The van der Waals surface area contributed by atoms with E-state index in [1.165, 1.54) is 12.1 Å². The summed E-state index contributed by atoms with van der Waals surface area (Å²) in [6.07, 6.45) is -4.45. The molecular formula is C15H18F3N5O. The average Bonchev–Trinajstić information content (AvgIpc) is 3.04. The fraction of sp³-hybridized carbons (Fsp3) is 0.467. The van der Waals surface area contributed by atoms with Crippen LogP contribution in [0.2, 0.25) is 0 Å². The Morgan fingerprint density at radius 1 is 1.29 bits per heavy atom. The molecule has 2 rings (SSSR count). The zero-order valence-electron chi connectivity index (χ0n) is 13.6. The van der Waals surface area contributed by atoms with Crippen molar-refractivity contribution in [1.82, 2.24) is 25.1 Å². The Balaban J connectivity index is 2.26. The summed E-state index contributed by atoms with van der Waals surface area (Å²) in [5.41, 5.74) is -0.595. The van der Waals surface area contributed by atoms with Gasteiger partial charge in [0.2, 0.25) is 11.7 Å². The number of hydrogen-bond acceptors (Lipinski definition) is 4. The number of likely N-dealkylation sites (N-methyl/N-ethyl adjacent to an activating group) is 1. The highest BCUT2D eigenvalue weighted by Gasteiger charge is 2.31. The van der Waals surface area contributed by atoms with Crippen LogP contribution in [0.5, 0.6) is 0 Å². The highest BCUT2D eigenvalue weighted by molar-refractivity contribution is 5.79. The molecule has 0 saturated carbocycles. The van der Waals surface area contributed by atoms with Gasteiger partial charge in [-0.15, -0.1) is 10.2 Å². The summed E-state index contributed by atoms with van der Waals surface area (Å²) in [5, 5.41) is 11.6. The molecule has 1 atom stereocenters. The van der Waals surface area contributed by atoms with Gasteiger partial charge in [-0.3, -0.25) is 4.79 Å². The van der Waals surface area contributed by atoms with Crippen LogP contribution in [0.4, 0.5) is 13.2 Å². The predicted molar refractivity (Wildman–Crippen MR) is 80.9 cm³/mol. The van der Waals surface area contributed by atoms with Crippen LogP contribution in [0.15, 0.2) is 24.3 Å². The third-order valence-corrected chi connectivity index (χ3v) is 3.66. The van der Waals surface area contributed by atoms with Crippen molar-refractivity contribution in [2.45, 2.75) is 33.0 Å². The summed E-state index contributed by atoms with van der Waals surface area (Å²) in [6.45, 7) is 6.44. The second-order valence-electron chi connectivity index (χ2n) is 5.20. The second-order valence-corrected chi connectivity index (χ2v) is 5.20. The van der Waals surface area contributed by atoms with Gasteiger partial charge >= 0.3 is 6.18 Å². The fourth-order valence-corrected chi connectivity index (χ4v) is 2.24. The summed E-state index contributed by atoms with van der Waals surface area (Å²) in [4.78, 5) is 15.0. The van der Waals surface area contributed by atoms with Gasteiger partial charge in [0.1, 0.15) is 6.04 Å². The minimum absolute atomic E-state index is 0.0419. The maximum absolute atomic E-state index is 12.8. The molecule has 1 unspecified atom stereocenters. The number of rotatable bonds is 5. The number of alkyl halides is 3. The molecule has 1 heterocycles. The summed E-state index contributed by atoms with van der Waals surface area (Å²) in [7, 11) is 0. The van der Waals surface area contributed by atoms with Crippen LogP contribution in [0.25, 0.3) is 11.4 Å². The van der Waals surface area contributed by atoms with Crippen LogP contribution in [-0.4, -0.2) is 44.1 Å². The highest BCUT2D eigenvalue weighted by Crippen LogP contribution is 2.31. The molecule has 1 amide bonds. The molecule has 0 aliphatic carbocycles. The van der Waals surface area contributed by atoms with Gasteiger partial charge in [-0.05, 0) is 38.1 Å². The van der Waals surface area contributed by atoms with Crippen molar-refractivity contribution in [2.75, 3.05) is 13.1 Å². The lowest BCUT2D eigenvalue weighted by Gasteiger charge is -2.21. The maximum atomic E-state index is 12.8. The topological polar surface area (TPSA) is 63.9 Å². The number of halogens is 3. The monoisotopic (exact) mass is 341 g/mol. The molecule has 6 nitrogen and oxygen atoms in total. The molecule has 130 valence electrons. The summed E-state index contributed by atoms with van der Waals surface area (Å²) in [6, 6.07) is 3.99. The molecule has 0 spiro atoms. The van der Waals surface area contributed by atoms with E-state index in [1.807, 2.05) is 13.8 Å². The van der Waals surface area contributed by atoms with Crippen molar-refractivity contribution in [3.63, 3.8) is 0 Å². The van der Waals surface area contributed by atoms with Gasteiger partial charge in [0.15, 0.2) is 0 Å². The zero-order chi connectivity index (χ0) is 17.9. The Morgan fingerprint density at radius 2 is 1.96 bits per heavy atom. The molecule has 0 fully saturated rings. The second kappa shape index (κ2) is 6.98. The lowest BCUT2D eigenvalue weighted by molar-refractivity contribution is -0.137. The van der Waals surface area contributed by atoms with E-state index >= 15 is 0 Å². The van der Waals surface area contributed by atoms with Crippen LogP contribution in [-0.2, 0) is 11.0 Å². The minimum atomic E-state index is -4.45. The van der Waals surface area contributed by atoms with E-state index in [2.05, 4.69) is 15.4 Å². The number of benzene rings is 1. The normalized spacial score (nSPS) is 12.9. The molecule has 0 radical (unpaired) electrons. The number of hydrogen-bond donors (Lipinski definition) is 0. The average molecular weight is 341 g/mol. The summed E-state index contributed by atoms with van der Waals surface area (Å²) in [5.74, 6) is -0.131. The van der Waals surface area contributed by atoms with Crippen molar-refractivity contribution in [3.8, 4) is 11.4 Å². The molecule has 9 heteroatoms. The van der Waals surface area contributed by atoms with E-state index in [0.29, 0.717) is 13.1 Å². The quantitative estimate of drug-likeness (QED) is 0.839. The fourth-order valence-electron chi connectivity index (χ4n) is 2.24. The van der Waals surface area contributed by atoms with E-state index in [4.69, 9.17) is 0 Å². The van der Waals surface area contributed by atoms with Gasteiger partial charge < -0.3 is 4.90 Å². The van der Waals surface area contributed by atoms with Gasteiger partial charge in [0.05, 0.1) is 5.56 Å². The lowest BCUT2D eigenvalue weighted by Crippen LogP contribution is -2.36. The van der Waals surface area contributed by atoms with Gasteiger partial charge in [0, 0.05) is 18.7 Å².